The maximum absolute atomic E-state index is 9.21. The summed E-state index contributed by atoms with van der Waals surface area (Å²) in [6, 6.07) is 2.16. The summed E-state index contributed by atoms with van der Waals surface area (Å²) in [4.78, 5) is 0. The fourth-order valence-corrected chi connectivity index (χ4v) is 1.75. The molecule has 0 saturated carbocycles. The molecule has 0 aliphatic rings. The van der Waals surface area contributed by atoms with Crippen molar-refractivity contribution >= 4 is 0 Å². The van der Waals surface area contributed by atoms with Crippen molar-refractivity contribution in [3.05, 3.63) is 23.2 Å². The van der Waals surface area contributed by atoms with Crippen LogP contribution >= 0.6 is 0 Å². The fourth-order valence-electron chi connectivity index (χ4n) is 1.75. The predicted octanol–water partition coefficient (Wildman–Crippen LogP) is 1.54. The Hall–Kier alpha value is -0.840. The average molecular weight is 241 g/mol. The molecule has 1 atom stereocenters. The monoisotopic (exact) mass is 241 g/mol. The first-order valence-electron chi connectivity index (χ1n) is 5.94. The number of rotatable bonds is 6. The highest BCUT2D eigenvalue weighted by atomic mass is 16.3. The van der Waals surface area contributed by atoms with Crippen LogP contribution in [0.5, 0.6) is 0 Å². The molecule has 1 aromatic heterocycles. The molecule has 98 valence electrons. The van der Waals surface area contributed by atoms with Gasteiger partial charge in [0.05, 0.1) is 13.2 Å². The maximum atomic E-state index is 9.21. The van der Waals surface area contributed by atoms with Gasteiger partial charge in [0, 0.05) is 23.6 Å². The van der Waals surface area contributed by atoms with Gasteiger partial charge in [0.25, 0.3) is 0 Å². The van der Waals surface area contributed by atoms with Crippen molar-refractivity contribution in [1.82, 2.24) is 5.32 Å². The minimum Gasteiger partial charge on any atom is -0.466 e. The van der Waals surface area contributed by atoms with Crippen LogP contribution in [0.2, 0.25) is 0 Å². The van der Waals surface area contributed by atoms with E-state index in [1.165, 1.54) is 0 Å². The van der Waals surface area contributed by atoms with Crippen LogP contribution in [0.3, 0.4) is 0 Å². The van der Waals surface area contributed by atoms with Crippen LogP contribution in [-0.2, 0) is 0 Å². The molecule has 0 aliphatic heterocycles. The number of nitrogens with one attached hydrogen (secondary N) is 1. The first-order valence-corrected chi connectivity index (χ1v) is 5.94. The summed E-state index contributed by atoms with van der Waals surface area (Å²) in [6.07, 6.45) is 0. The van der Waals surface area contributed by atoms with Crippen molar-refractivity contribution in [2.75, 3.05) is 19.8 Å². The van der Waals surface area contributed by atoms with Crippen molar-refractivity contribution in [1.29, 1.82) is 0 Å². The van der Waals surface area contributed by atoms with Crippen LogP contribution < -0.4 is 5.32 Å². The molecule has 0 fully saturated rings. The molecule has 17 heavy (non-hydrogen) atoms. The van der Waals surface area contributed by atoms with Crippen molar-refractivity contribution in [2.24, 2.45) is 5.41 Å². The molecule has 0 amide bonds. The van der Waals surface area contributed by atoms with Crippen molar-refractivity contribution < 1.29 is 14.6 Å². The average Bonchev–Trinajstić information content (AvgIpc) is 2.65. The number of aryl methyl sites for hydroxylation is 2. The SMILES string of the molecule is Cc1cc(C(C)NCC(C)(CO)CO)c(C)o1. The molecule has 0 radical (unpaired) electrons. The highest BCUT2D eigenvalue weighted by Crippen LogP contribution is 2.22. The molecule has 0 saturated heterocycles. The molecule has 0 spiro atoms. The zero-order chi connectivity index (χ0) is 13.1. The second-order valence-electron chi connectivity index (χ2n) is 5.10. The van der Waals surface area contributed by atoms with E-state index in [-0.39, 0.29) is 19.3 Å². The van der Waals surface area contributed by atoms with Crippen molar-refractivity contribution in [2.45, 2.75) is 33.7 Å². The summed E-state index contributed by atoms with van der Waals surface area (Å²) in [5.41, 5.74) is 0.641. The lowest BCUT2D eigenvalue weighted by molar-refractivity contribution is 0.0677. The topological polar surface area (TPSA) is 65.6 Å². The van der Waals surface area contributed by atoms with E-state index < -0.39 is 5.41 Å². The van der Waals surface area contributed by atoms with Gasteiger partial charge in [-0.05, 0) is 26.8 Å². The summed E-state index contributed by atoms with van der Waals surface area (Å²) in [6.45, 7) is 8.25. The van der Waals surface area contributed by atoms with E-state index in [1.807, 2.05) is 33.8 Å². The Morgan fingerprint density at radius 2 is 1.94 bits per heavy atom. The smallest absolute Gasteiger partial charge is 0.105 e. The van der Waals surface area contributed by atoms with Gasteiger partial charge in [0.2, 0.25) is 0 Å². The summed E-state index contributed by atoms with van der Waals surface area (Å²) in [5, 5.41) is 21.7. The molecule has 1 unspecified atom stereocenters. The van der Waals surface area contributed by atoms with Gasteiger partial charge in [-0.2, -0.15) is 0 Å². The van der Waals surface area contributed by atoms with E-state index in [0.717, 1.165) is 17.1 Å². The van der Waals surface area contributed by atoms with Gasteiger partial charge < -0.3 is 19.9 Å². The zero-order valence-corrected chi connectivity index (χ0v) is 11.1. The lowest BCUT2D eigenvalue weighted by Gasteiger charge is -2.27. The van der Waals surface area contributed by atoms with Crippen LogP contribution in [0.4, 0.5) is 0 Å². The molecule has 1 rings (SSSR count). The summed E-state index contributed by atoms with van der Waals surface area (Å²) in [5.74, 6) is 1.82. The second-order valence-corrected chi connectivity index (χ2v) is 5.10. The van der Waals surface area contributed by atoms with Crippen LogP contribution in [0.15, 0.2) is 10.5 Å². The highest BCUT2D eigenvalue weighted by Gasteiger charge is 2.23. The minimum absolute atomic E-state index is 0.0351. The zero-order valence-electron chi connectivity index (χ0n) is 11.1. The van der Waals surface area contributed by atoms with Crippen molar-refractivity contribution in [3.63, 3.8) is 0 Å². The lowest BCUT2D eigenvalue weighted by atomic mass is 9.92. The van der Waals surface area contributed by atoms with Gasteiger partial charge in [0.1, 0.15) is 11.5 Å². The standard InChI is InChI=1S/C13H23NO3/c1-9-5-12(11(3)17-9)10(2)14-6-13(4,7-15)8-16/h5,10,14-16H,6-8H2,1-4H3. The number of aliphatic hydroxyl groups is 2. The molecule has 4 heteroatoms. The van der Waals surface area contributed by atoms with E-state index in [1.54, 1.807) is 0 Å². The van der Waals surface area contributed by atoms with Crippen molar-refractivity contribution in [3.8, 4) is 0 Å². The summed E-state index contributed by atoms with van der Waals surface area (Å²) < 4.78 is 5.48. The van der Waals surface area contributed by atoms with Gasteiger partial charge in [-0.3, -0.25) is 0 Å². The van der Waals surface area contributed by atoms with Gasteiger partial charge >= 0.3 is 0 Å². The van der Waals surface area contributed by atoms with Crippen LogP contribution in [0.1, 0.15) is 37.0 Å². The first-order chi connectivity index (χ1) is 7.91. The normalized spacial score (nSPS) is 14.0. The number of furan rings is 1. The Labute approximate surface area is 103 Å². The Morgan fingerprint density at radius 1 is 1.35 bits per heavy atom. The van der Waals surface area contributed by atoms with E-state index in [2.05, 4.69) is 5.32 Å². The lowest BCUT2D eigenvalue weighted by Crippen LogP contribution is -2.38. The number of hydrogen-bond acceptors (Lipinski definition) is 4. The van der Waals surface area contributed by atoms with E-state index in [0.29, 0.717) is 6.54 Å². The fraction of sp³-hybridized carbons (Fsp3) is 0.692. The van der Waals surface area contributed by atoms with Crippen LogP contribution in [0.25, 0.3) is 0 Å². The Kier molecular flexibility index (Phi) is 4.74. The molecule has 0 bridgehead atoms. The van der Waals surface area contributed by atoms with E-state index >= 15 is 0 Å². The largest absolute Gasteiger partial charge is 0.466 e. The number of hydrogen-bond donors (Lipinski definition) is 3. The third-order valence-electron chi connectivity index (χ3n) is 3.14. The molecule has 1 heterocycles. The van der Waals surface area contributed by atoms with Gasteiger partial charge in [0.15, 0.2) is 0 Å². The quantitative estimate of drug-likeness (QED) is 0.707. The molecule has 1 aromatic rings. The minimum atomic E-state index is -0.485. The second kappa shape index (κ2) is 5.67. The molecule has 4 nitrogen and oxygen atoms in total. The maximum Gasteiger partial charge on any atom is 0.105 e. The molecule has 0 aliphatic carbocycles. The van der Waals surface area contributed by atoms with E-state index in [4.69, 9.17) is 4.42 Å². The molecular weight excluding hydrogens is 218 g/mol. The predicted molar refractivity (Wildman–Crippen MR) is 66.9 cm³/mol. The Balaban J connectivity index is 2.61. The third-order valence-corrected chi connectivity index (χ3v) is 3.14. The van der Waals surface area contributed by atoms with Crippen LogP contribution in [0, 0.1) is 19.3 Å². The van der Waals surface area contributed by atoms with Gasteiger partial charge in [-0.25, -0.2) is 0 Å². The summed E-state index contributed by atoms with van der Waals surface area (Å²) >= 11 is 0. The third kappa shape index (κ3) is 3.56. The highest BCUT2D eigenvalue weighted by molar-refractivity contribution is 5.23. The molecule has 3 N–H and O–H groups in total. The Bertz CT molecular complexity index is 356. The summed E-state index contributed by atoms with van der Waals surface area (Å²) in [7, 11) is 0. The van der Waals surface area contributed by atoms with Crippen LogP contribution in [-0.4, -0.2) is 30.0 Å². The van der Waals surface area contributed by atoms with E-state index in [9.17, 15) is 10.2 Å². The number of aliphatic hydroxyl groups excluding tert-OH is 2. The molecule has 0 aromatic carbocycles. The van der Waals surface area contributed by atoms with Gasteiger partial charge in [-0.15, -0.1) is 0 Å². The first kappa shape index (κ1) is 14.2. The molecular formula is C13H23NO3. The Morgan fingerprint density at radius 3 is 2.35 bits per heavy atom. The van der Waals surface area contributed by atoms with Gasteiger partial charge in [-0.1, -0.05) is 6.92 Å².